The van der Waals surface area contributed by atoms with Gasteiger partial charge in [0.1, 0.15) is 12.3 Å². The van der Waals surface area contributed by atoms with Crippen molar-refractivity contribution in [1.29, 1.82) is 0 Å². The Hall–Kier alpha value is -3.98. The zero-order chi connectivity index (χ0) is 30.8. The first-order valence-electron chi connectivity index (χ1n) is 13.5. The van der Waals surface area contributed by atoms with Gasteiger partial charge in [0.2, 0.25) is 11.9 Å². The van der Waals surface area contributed by atoms with Crippen LogP contribution in [0.2, 0.25) is 0 Å². The van der Waals surface area contributed by atoms with Gasteiger partial charge in [-0.25, -0.2) is 9.37 Å². The first kappa shape index (κ1) is 12.0. The molecule has 0 saturated heterocycles. The van der Waals surface area contributed by atoms with Crippen LogP contribution in [0.5, 0.6) is 5.75 Å². The third-order valence-electron chi connectivity index (χ3n) is 3.50. The number of methoxy groups -OCH3 is 1. The molecule has 1 heterocycles. The van der Waals surface area contributed by atoms with E-state index in [0.717, 1.165) is 12.3 Å². The molecule has 1 amide bonds. The first-order chi connectivity index (χ1) is 18.9. The summed E-state index contributed by atoms with van der Waals surface area (Å²) in [6, 6.07) is 4.94. The minimum Gasteiger partial charge on any atom is -0.491 e. The minimum absolute atomic E-state index is 0.115. The lowest BCUT2D eigenvalue weighted by Gasteiger charge is -2.11. The van der Waals surface area contributed by atoms with Gasteiger partial charge in [0.15, 0.2) is 11.6 Å². The van der Waals surface area contributed by atoms with Crippen LogP contribution < -0.4 is 20.7 Å². The van der Waals surface area contributed by atoms with E-state index in [1.807, 2.05) is 0 Å². The van der Waals surface area contributed by atoms with E-state index < -0.39 is 55.8 Å². The molecule has 3 N–H and O–H groups in total. The molecule has 2 aromatic carbocycles. The zero-order valence-corrected chi connectivity index (χ0v) is 15.7. The lowest BCUT2D eigenvalue weighted by atomic mass is 10.2. The largest absolute Gasteiger partial charge is 0.491 e. The average molecular weight is 434 g/mol. The third kappa shape index (κ3) is 6.51. The maximum atomic E-state index is 14.5. The van der Waals surface area contributed by atoms with Crippen molar-refractivity contribution in [1.82, 2.24) is 9.97 Å². The Kier molecular flexibility index (Phi) is 4.15. The Morgan fingerprint density at radius 1 is 1.26 bits per heavy atom. The molecule has 0 saturated carbocycles. The van der Waals surface area contributed by atoms with E-state index in [4.69, 9.17) is 18.4 Å². The van der Waals surface area contributed by atoms with E-state index in [1.54, 1.807) is 0 Å². The Bertz CT molecular complexity index is 1460. The molecule has 0 spiro atoms. The highest BCUT2D eigenvalue weighted by Crippen LogP contribution is 2.23. The SMILES string of the molecule is [2H]c1c(NC(=O)C=C)cc(Nc2nc(Nc3ccc(OC([2H])([2H])C([2H])([2H])OC([2H])([2H])[2H])cc3)ncc2F)c([2H])c1[2H]. The summed E-state index contributed by atoms with van der Waals surface area (Å²) in [6.45, 7) is -3.20. The maximum Gasteiger partial charge on any atom is 0.247 e. The highest BCUT2D eigenvalue weighted by Gasteiger charge is 2.09. The number of carbonyl (C=O) groups is 1. The molecule has 3 aromatic rings. The molecule has 0 aliphatic carbocycles. The molecule has 31 heavy (non-hydrogen) atoms. The average Bonchev–Trinajstić information content (AvgIpc) is 2.86. The van der Waals surface area contributed by atoms with Gasteiger partial charge in [-0.05, 0) is 48.5 Å². The second-order valence-electron chi connectivity index (χ2n) is 5.61. The number of hydrogen-bond acceptors (Lipinski definition) is 7. The highest BCUT2D eigenvalue weighted by atomic mass is 19.1. The smallest absolute Gasteiger partial charge is 0.247 e. The first-order valence-corrected chi connectivity index (χ1v) is 8.52. The predicted molar refractivity (Wildman–Crippen MR) is 118 cm³/mol. The van der Waals surface area contributed by atoms with E-state index >= 15 is 0 Å². The van der Waals surface area contributed by atoms with E-state index in [-0.39, 0.29) is 23.1 Å². The number of nitrogens with zero attached hydrogens (tertiary/aromatic N) is 2. The number of amides is 1. The van der Waals surface area contributed by atoms with Crippen LogP contribution in [0.25, 0.3) is 0 Å². The Morgan fingerprint density at radius 3 is 2.84 bits per heavy atom. The molecule has 160 valence electrons. The molecule has 0 atom stereocenters. The van der Waals surface area contributed by atoms with Crippen LogP contribution in [0.4, 0.5) is 33.2 Å². The summed E-state index contributed by atoms with van der Waals surface area (Å²) in [4.78, 5) is 19.5. The summed E-state index contributed by atoms with van der Waals surface area (Å²) in [5.41, 5.74) is 0.0581. The Balaban J connectivity index is 1.78. The number of hydrogen-bond donors (Lipinski definition) is 3. The quantitative estimate of drug-likeness (QED) is 0.411. The number of benzene rings is 2. The molecule has 0 aliphatic rings. The molecule has 1 aromatic heterocycles. The fraction of sp³-hybridized carbons (Fsp3) is 0.136. The van der Waals surface area contributed by atoms with Gasteiger partial charge in [-0.3, -0.25) is 4.79 Å². The number of rotatable bonds is 10. The van der Waals surface area contributed by atoms with Crippen molar-refractivity contribution in [3.63, 3.8) is 0 Å². The van der Waals surface area contributed by atoms with E-state index in [0.29, 0.717) is 5.69 Å². The zero-order valence-electron chi connectivity index (χ0n) is 25.7. The van der Waals surface area contributed by atoms with Gasteiger partial charge in [0, 0.05) is 24.1 Å². The number of anilines is 5. The lowest BCUT2D eigenvalue weighted by Crippen LogP contribution is -2.07. The molecule has 0 unspecified atom stereocenters. The molecular weight excluding hydrogens is 401 g/mol. The van der Waals surface area contributed by atoms with Gasteiger partial charge in [0.25, 0.3) is 0 Å². The second-order valence-corrected chi connectivity index (χ2v) is 5.61. The van der Waals surface area contributed by atoms with E-state index in [9.17, 15) is 9.18 Å². The number of ether oxygens (including phenoxy) is 2. The number of nitrogens with one attached hydrogen (secondary N) is 3. The standard InChI is InChI=1S/C22H22FN5O3/c1-3-20(29)25-16-5-4-6-17(13-16)26-21-19(23)14-24-22(28-21)27-15-7-9-18(10-8-15)31-12-11-30-2/h3-10,13-14H,1,11-12H2,2H3,(H,25,29)(H2,24,26,27,28)/i2D3,4D,5D,6D,11D2,12D2. The minimum atomic E-state index is -3.32. The number of halogens is 1. The summed E-state index contributed by atoms with van der Waals surface area (Å²) < 4.78 is 99.4. The normalized spacial score (nSPS) is 16.3. The fourth-order valence-electron chi connectivity index (χ4n) is 2.18. The van der Waals surface area contributed by atoms with Crippen LogP contribution in [0, 0.1) is 5.82 Å². The summed E-state index contributed by atoms with van der Waals surface area (Å²) in [5, 5.41) is 7.64. The van der Waals surface area contributed by atoms with Crippen LogP contribution in [-0.2, 0) is 9.53 Å². The van der Waals surface area contributed by atoms with Crippen molar-refractivity contribution in [2.24, 2.45) is 0 Å². The van der Waals surface area contributed by atoms with Gasteiger partial charge in [-0.1, -0.05) is 12.6 Å². The maximum absolute atomic E-state index is 14.5. The molecule has 0 aliphatic heterocycles. The number of carbonyl (C=O) groups excluding carboxylic acids is 1. The van der Waals surface area contributed by atoms with Gasteiger partial charge >= 0.3 is 0 Å². The summed E-state index contributed by atoms with van der Waals surface area (Å²) in [5.74, 6) is -2.29. The van der Waals surface area contributed by atoms with Gasteiger partial charge in [-0.2, -0.15) is 4.98 Å². The lowest BCUT2D eigenvalue weighted by molar-refractivity contribution is -0.111. The summed E-state index contributed by atoms with van der Waals surface area (Å²) >= 11 is 0. The van der Waals surface area contributed by atoms with Crippen molar-refractivity contribution >= 4 is 34.7 Å². The molecule has 0 radical (unpaired) electrons. The highest BCUT2D eigenvalue weighted by molar-refractivity contribution is 5.99. The van der Waals surface area contributed by atoms with Crippen molar-refractivity contribution in [2.75, 3.05) is 36.1 Å². The summed E-state index contributed by atoms with van der Waals surface area (Å²) in [6.07, 6.45) is 1.77. The molecule has 0 fully saturated rings. The molecule has 9 heteroatoms. The van der Waals surface area contributed by atoms with Gasteiger partial charge in [-0.15, -0.1) is 0 Å². The van der Waals surface area contributed by atoms with Crippen LogP contribution >= 0.6 is 0 Å². The van der Waals surface area contributed by atoms with Crippen molar-refractivity contribution in [2.45, 2.75) is 0 Å². The molecule has 8 nitrogen and oxygen atoms in total. The fourth-order valence-corrected chi connectivity index (χ4v) is 2.18. The van der Waals surface area contributed by atoms with Crippen molar-refractivity contribution in [3.8, 4) is 5.75 Å². The van der Waals surface area contributed by atoms with Crippen LogP contribution in [-0.4, -0.2) is 36.0 Å². The number of aromatic nitrogens is 2. The van der Waals surface area contributed by atoms with Crippen LogP contribution in [0.3, 0.4) is 0 Å². The van der Waals surface area contributed by atoms with E-state index in [2.05, 4.69) is 37.2 Å². The Morgan fingerprint density at radius 2 is 2.06 bits per heavy atom. The van der Waals surface area contributed by atoms with E-state index in [1.165, 1.54) is 30.3 Å². The van der Waals surface area contributed by atoms with Crippen LogP contribution in [0.15, 0.2) is 67.3 Å². The monoisotopic (exact) mass is 433 g/mol. The topological polar surface area (TPSA) is 97.4 Å². The molecule has 0 bridgehead atoms. The van der Waals surface area contributed by atoms with Gasteiger partial charge < -0.3 is 25.4 Å². The third-order valence-corrected chi connectivity index (χ3v) is 3.50. The Labute approximate surface area is 193 Å². The molecular formula is C22H22FN5O3. The van der Waals surface area contributed by atoms with Crippen LogP contribution in [0.1, 0.15) is 13.7 Å². The van der Waals surface area contributed by atoms with Crippen molar-refractivity contribution in [3.05, 3.63) is 73.1 Å². The summed E-state index contributed by atoms with van der Waals surface area (Å²) in [7, 11) is -3.21. The molecule has 3 rings (SSSR count). The van der Waals surface area contributed by atoms with Gasteiger partial charge in [0.05, 0.1) is 26.5 Å². The van der Waals surface area contributed by atoms with Crippen molar-refractivity contribution < 1.29 is 32.4 Å². The second kappa shape index (κ2) is 10.7. The predicted octanol–water partition coefficient (Wildman–Crippen LogP) is 4.25.